The Bertz CT molecular complexity index is 723. The molecule has 0 saturated carbocycles. The molecule has 0 unspecified atom stereocenters. The Morgan fingerprint density at radius 3 is 2.70 bits per heavy atom. The normalized spacial score (nSPS) is 10.4. The summed E-state index contributed by atoms with van der Waals surface area (Å²) in [6, 6.07) is 7.49. The number of hydrogen-bond donors (Lipinski definition) is 0. The summed E-state index contributed by atoms with van der Waals surface area (Å²) in [6.45, 7) is 1.87. The monoisotopic (exact) mass is 319 g/mol. The van der Waals surface area contributed by atoms with Gasteiger partial charge in [-0.05, 0) is 30.7 Å². The van der Waals surface area contributed by atoms with E-state index in [0.717, 1.165) is 0 Å². The summed E-state index contributed by atoms with van der Waals surface area (Å²) in [5, 5.41) is 0. The second kappa shape index (κ2) is 7.09. The number of nitrogens with zero attached hydrogens (tertiary/aromatic N) is 1. The molecule has 2 aromatic rings. The van der Waals surface area contributed by atoms with Crippen molar-refractivity contribution in [2.45, 2.75) is 19.9 Å². The number of halogens is 1. The standard InChI is InChI=1S/C17H18FNO4/c1-11-15(17(21)22-3)9-14(23-11)10-19(2)16(20)8-12-5-4-6-13(18)7-12/h4-7,9H,8,10H2,1-3H3. The van der Waals surface area contributed by atoms with Crippen LogP contribution in [0.2, 0.25) is 0 Å². The van der Waals surface area contributed by atoms with Crippen molar-refractivity contribution in [1.82, 2.24) is 4.90 Å². The van der Waals surface area contributed by atoms with Gasteiger partial charge in [0.05, 0.1) is 20.1 Å². The van der Waals surface area contributed by atoms with Crippen molar-refractivity contribution in [1.29, 1.82) is 0 Å². The largest absolute Gasteiger partial charge is 0.465 e. The van der Waals surface area contributed by atoms with E-state index < -0.39 is 5.97 Å². The van der Waals surface area contributed by atoms with Crippen LogP contribution in [0.4, 0.5) is 4.39 Å². The van der Waals surface area contributed by atoms with Crippen molar-refractivity contribution in [2.75, 3.05) is 14.2 Å². The Morgan fingerprint density at radius 1 is 1.30 bits per heavy atom. The molecule has 122 valence electrons. The molecule has 0 bridgehead atoms. The van der Waals surface area contributed by atoms with Crippen molar-refractivity contribution in [2.24, 2.45) is 0 Å². The van der Waals surface area contributed by atoms with Gasteiger partial charge in [-0.1, -0.05) is 12.1 Å². The molecule has 1 aromatic heterocycles. The lowest BCUT2D eigenvalue weighted by Crippen LogP contribution is -2.27. The number of carbonyl (C=O) groups excluding carboxylic acids is 2. The molecule has 1 amide bonds. The van der Waals surface area contributed by atoms with Crippen molar-refractivity contribution in [3.05, 3.63) is 58.8 Å². The summed E-state index contributed by atoms with van der Waals surface area (Å²) in [5.74, 6) is -0.103. The first-order chi connectivity index (χ1) is 10.9. The first kappa shape index (κ1) is 16.7. The smallest absolute Gasteiger partial charge is 0.341 e. The lowest BCUT2D eigenvalue weighted by atomic mass is 10.1. The van der Waals surface area contributed by atoms with Crippen molar-refractivity contribution < 1.29 is 23.1 Å². The van der Waals surface area contributed by atoms with E-state index in [9.17, 15) is 14.0 Å². The summed E-state index contributed by atoms with van der Waals surface area (Å²) in [4.78, 5) is 25.2. The molecule has 1 aromatic carbocycles. The second-order valence-corrected chi connectivity index (χ2v) is 5.23. The van der Waals surface area contributed by atoms with Gasteiger partial charge in [-0.25, -0.2) is 9.18 Å². The predicted molar refractivity (Wildman–Crippen MR) is 81.4 cm³/mol. The molecule has 0 aliphatic rings. The molecule has 0 spiro atoms. The molecule has 0 saturated heterocycles. The SMILES string of the molecule is COC(=O)c1cc(CN(C)C(=O)Cc2cccc(F)c2)oc1C. The van der Waals surface area contributed by atoms with Crippen LogP contribution in [0.1, 0.15) is 27.4 Å². The van der Waals surface area contributed by atoms with Crippen LogP contribution >= 0.6 is 0 Å². The summed E-state index contributed by atoms with van der Waals surface area (Å²) in [5.41, 5.74) is 0.946. The Balaban J connectivity index is 2.02. The van der Waals surface area contributed by atoms with E-state index in [4.69, 9.17) is 4.42 Å². The van der Waals surface area contributed by atoms with Crippen molar-refractivity contribution in [3.8, 4) is 0 Å². The first-order valence-electron chi connectivity index (χ1n) is 7.06. The molecule has 1 heterocycles. The number of amides is 1. The van der Waals surface area contributed by atoms with Gasteiger partial charge < -0.3 is 14.1 Å². The van der Waals surface area contributed by atoms with E-state index >= 15 is 0 Å². The minimum Gasteiger partial charge on any atom is -0.465 e. The molecule has 6 heteroatoms. The van der Waals surface area contributed by atoms with Gasteiger partial charge in [-0.2, -0.15) is 0 Å². The van der Waals surface area contributed by atoms with Gasteiger partial charge in [-0.3, -0.25) is 4.79 Å². The highest BCUT2D eigenvalue weighted by Gasteiger charge is 2.18. The third-order valence-electron chi connectivity index (χ3n) is 3.44. The molecular weight excluding hydrogens is 301 g/mol. The fourth-order valence-corrected chi connectivity index (χ4v) is 2.21. The highest BCUT2D eigenvalue weighted by molar-refractivity contribution is 5.90. The number of benzene rings is 1. The van der Waals surface area contributed by atoms with E-state index in [0.29, 0.717) is 22.6 Å². The lowest BCUT2D eigenvalue weighted by Gasteiger charge is -2.15. The third-order valence-corrected chi connectivity index (χ3v) is 3.44. The zero-order chi connectivity index (χ0) is 17.0. The maximum absolute atomic E-state index is 13.1. The maximum atomic E-state index is 13.1. The number of hydrogen-bond acceptors (Lipinski definition) is 4. The number of aryl methyl sites for hydroxylation is 1. The molecular formula is C17H18FNO4. The topological polar surface area (TPSA) is 59.8 Å². The zero-order valence-electron chi connectivity index (χ0n) is 13.3. The van der Waals surface area contributed by atoms with E-state index in [1.807, 2.05) is 0 Å². The Hall–Kier alpha value is -2.63. The van der Waals surface area contributed by atoms with Crippen molar-refractivity contribution >= 4 is 11.9 Å². The maximum Gasteiger partial charge on any atom is 0.341 e. The minimum absolute atomic E-state index is 0.0950. The van der Waals surface area contributed by atoms with Gasteiger partial charge in [0.25, 0.3) is 0 Å². The fraction of sp³-hybridized carbons (Fsp3) is 0.294. The molecule has 0 radical (unpaired) electrons. The molecule has 0 fully saturated rings. The molecule has 0 N–H and O–H groups in total. The number of rotatable bonds is 5. The highest BCUT2D eigenvalue weighted by Crippen LogP contribution is 2.17. The first-order valence-corrected chi connectivity index (χ1v) is 7.06. The van der Waals surface area contributed by atoms with Gasteiger partial charge >= 0.3 is 5.97 Å². The molecule has 0 aliphatic carbocycles. The quantitative estimate of drug-likeness (QED) is 0.795. The predicted octanol–water partition coefficient (Wildman–Crippen LogP) is 2.71. The summed E-state index contributed by atoms with van der Waals surface area (Å²) >= 11 is 0. The van der Waals surface area contributed by atoms with Crippen LogP contribution in [-0.2, 0) is 22.5 Å². The Labute approximate surface area is 133 Å². The number of carbonyl (C=O) groups is 2. The number of ether oxygens (including phenoxy) is 1. The van der Waals surface area contributed by atoms with E-state index in [-0.39, 0.29) is 24.7 Å². The van der Waals surface area contributed by atoms with Crippen LogP contribution in [0.15, 0.2) is 34.7 Å². The fourth-order valence-electron chi connectivity index (χ4n) is 2.21. The van der Waals surface area contributed by atoms with Crippen LogP contribution in [0.25, 0.3) is 0 Å². The second-order valence-electron chi connectivity index (χ2n) is 5.23. The van der Waals surface area contributed by atoms with Gasteiger partial charge in [0.1, 0.15) is 22.9 Å². The van der Waals surface area contributed by atoms with E-state index in [2.05, 4.69) is 4.74 Å². The van der Waals surface area contributed by atoms with Crippen LogP contribution in [0.3, 0.4) is 0 Å². The summed E-state index contributed by atoms with van der Waals surface area (Å²) in [6.07, 6.45) is 0.0950. The Kier molecular flexibility index (Phi) is 5.16. The van der Waals surface area contributed by atoms with E-state index in [1.165, 1.54) is 24.1 Å². The van der Waals surface area contributed by atoms with Gasteiger partial charge in [-0.15, -0.1) is 0 Å². The van der Waals surface area contributed by atoms with Crippen LogP contribution in [-0.4, -0.2) is 30.9 Å². The summed E-state index contributed by atoms with van der Waals surface area (Å²) in [7, 11) is 2.92. The molecule has 5 nitrogen and oxygen atoms in total. The van der Waals surface area contributed by atoms with Crippen LogP contribution in [0.5, 0.6) is 0 Å². The van der Waals surface area contributed by atoms with Gasteiger partial charge in [0.15, 0.2) is 0 Å². The Morgan fingerprint density at radius 2 is 2.04 bits per heavy atom. The summed E-state index contributed by atoms with van der Waals surface area (Å²) < 4.78 is 23.3. The third kappa shape index (κ3) is 4.18. The number of furan rings is 1. The van der Waals surface area contributed by atoms with Crippen LogP contribution in [0, 0.1) is 12.7 Å². The van der Waals surface area contributed by atoms with Crippen LogP contribution < -0.4 is 0 Å². The number of likely N-dealkylation sites (N-methyl/N-ethyl adjacent to an activating group) is 1. The highest BCUT2D eigenvalue weighted by atomic mass is 19.1. The van der Waals surface area contributed by atoms with Gasteiger partial charge in [0, 0.05) is 7.05 Å². The molecule has 2 rings (SSSR count). The average molecular weight is 319 g/mol. The molecule has 0 aliphatic heterocycles. The molecule has 0 atom stereocenters. The minimum atomic E-state index is -0.480. The number of esters is 1. The van der Waals surface area contributed by atoms with E-state index in [1.54, 1.807) is 32.2 Å². The van der Waals surface area contributed by atoms with Crippen molar-refractivity contribution in [3.63, 3.8) is 0 Å². The average Bonchev–Trinajstić information content (AvgIpc) is 2.87. The number of methoxy groups -OCH3 is 1. The molecule has 23 heavy (non-hydrogen) atoms. The van der Waals surface area contributed by atoms with Gasteiger partial charge in [0.2, 0.25) is 5.91 Å². The lowest BCUT2D eigenvalue weighted by molar-refractivity contribution is -0.129. The zero-order valence-corrected chi connectivity index (χ0v) is 13.3.